The SMILES string of the molecule is COc1cc(C2=C[C@@H]3c4ccccc4OC4(CCN(C(C)=O)CC4)N3N2)ccc1O. The first-order valence-electron chi connectivity index (χ1n) is 10.2. The number of aromatic hydroxyl groups is 1. The monoisotopic (exact) mass is 407 g/mol. The van der Waals surface area contributed by atoms with Crippen LogP contribution in [0, 0.1) is 0 Å². The highest BCUT2D eigenvalue weighted by Crippen LogP contribution is 2.48. The predicted octanol–water partition coefficient (Wildman–Crippen LogP) is 3.03. The zero-order valence-electron chi connectivity index (χ0n) is 17.1. The lowest BCUT2D eigenvalue weighted by molar-refractivity contribution is -0.165. The van der Waals surface area contributed by atoms with Gasteiger partial charge < -0.3 is 24.9 Å². The molecule has 0 bridgehead atoms. The Labute approximate surface area is 175 Å². The predicted molar refractivity (Wildman–Crippen MR) is 112 cm³/mol. The molecular weight excluding hydrogens is 382 g/mol. The van der Waals surface area contributed by atoms with Crippen molar-refractivity contribution in [3.05, 3.63) is 59.7 Å². The van der Waals surface area contributed by atoms with Crippen molar-refractivity contribution in [1.82, 2.24) is 15.3 Å². The number of ether oxygens (including phenoxy) is 2. The number of phenolic OH excluding ortho intramolecular Hbond substituents is 1. The molecule has 0 radical (unpaired) electrons. The normalized spacial score (nSPS) is 21.9. The van der Waals surface area contributed by atoms with Gasteiger partial charge in [-0.2, -0.15) is 5.01 Å². The molecule has 2 N–H and O–H groups in total. The number of fused-ring (bicyclic) bond motifs is 4. The van der Waals surface area contributed by atoms with Crippen LogP contribution >= 0.6 is 0 Å². The third kappa shape index (κ3) is 2.89. The highest BCUT2D eigenvalue weighted by Gasteiger charge is 2.51. The number of nitrogens with zero attached hydrogens (tertiary/aromatic N) is 2. The number of carbonyl (C=O) groups is 1. The van der Waals surface area contributed by atoms with Gasteiger partial charge in [0.2, 0.25) is 5.91 Å². The third-order valence-corrected chi connectivity index (χ3v) is 6.30. The molecule has 7 nitrogen and oxygen atoms in total. The molecule has 2 aromatic carbocycles. The van der Waals surface area contributed by atoms with E-state index in [1.165, 1.54) is 0 Å². The fourth-order valence-electron chi connectivity index (χ4n) is 4.64. The van der Waals surface area contributed by atoms with Crippen LogP contribution in [0.1, 0.15) is 36.9 Å². The largest absolute Gasteiger partial charge is 0.504 e. The molecule has 3 aliphatic rings. The smallest absolute Gasteiger partial charge is 0.219 e. The molecule has 5 rings (SSSR count). The average Bonchev–Trinajstić information content (AvgIpc) is 3.21. The van der Waals surface area contributed by atoms with Crippen molar-refractivity contribution >= 4 is 11.6 Å². The molecule has 1 saturated heterocycles. The van der Waals surface area contributed by atoms with Crippen LogP contribution in [0.3, 0.4) is 0 Å². The number of hydrogen-bond acceptors (Lipinski definition) is 6. The van der Waals surface area contributed by atoms with Crippen molar-refractivity contribution in [2.45, 2.75) is 31.5 Å². The number of carbonyl (C=O) groups excluding carboxylic acids is 1. The Bertz CT molecular complexity index is 1030. The molecule has 1 fully saturated rings. The number of phenols is 1. The van der Waals surface area contributed by atoms with E-state index in [0.29, 0.717) is 31.7 Å². The van der Waals surface area contributed by atoms with Gasteiger partial charge in [-0.1, -0.05) is 18.2 Å². The van der Waals surface area contributed by atoms with E-state index < -0.39 is 5.72 Å². The zero-order chi connectivity index (χ0) is 20.9. The maximum atomic E-state index is 11.8. The van der Waals surface area contributed by atoms with Crippen molar-refractivity contribution in [1.29, 1.82) is 0 Å². The summed E-state index contributed by atoms with van der Waals surface area (Å²) in [7, 11) is 1.54. The first-order chi connectivity index (χ1) is 14.5. The van der Waals surface area contributed by atoms with Gasteiger partial charge in [-0.3, -0.25) is 4.79 Å². The van der Waals surface area contributed by atoms with E-state index in [1.807, 2.05) is 35.2 Å². The second-order valence-corrected chi connectivity index (χ2v) is 7.99. The number of rotatable bonds is 2. The second-order valence-electron chi connectivity index (χ2n) is 7.99. The number of methoxy groups -OCH3 is 1. The Morgan fingerprint density at radius 1 is 1.23 bits per heavy atom. The third-order valence-electron chi connectivity index (χ3n) is 6.30. The molecule has 30 heavy (non-hydrogen) atoms. The average molecular weight is 407 g/mol. The van der Waals surface area contributed by atoms with Crippen LogP contribution in [-0.2, 0) is 4.79 Å². The van der Waals surface area contributed by atoms with Gasteiger partial charge in [-0.15, -0.1) is 0 Å². The summed E-state index contributed by atoms with van der Waals surface area (Å²) in [6.45, 7) is 2.93. The van der Waals surface area contributed by atoms with Gasteiger partial charge in [-0.05, 0) is 30.3 Å². The topological polar surface area (TPSA) is 74.3 Å². The number of nitrogens with one attached hydrogen (secondary N) is 1. The summed E-state index contributed by atoms with van der Waals surface area (Å²) in [6.07, 6.45) is 3.61. The number of likely N-dealkylation sites (tertiary alicyclic amines) is 1. The number of para-hydroxylation sites is 1. The standard InChI is InChI=1S/C23H25N3O4/c1-15(27)25-11-9-23(10-12-25)26-19(17-5-3-4-6-21(17)30-23)14-18(24-26)16-7-8-20(28)22(13-16)29-2/h3-8,13-14,19,24,28H,9-12H2,1-2H3/t19-/m1/s1. The highest BCUT2D eigenvalue weighted by atomic mass is 16.5. The van der Waals surface area contributed by atoms with E-state index in [0.717, 1.165) is 22.6 Å². The van der Waals surface area contributed by atoms with Crippen molar-refractivity contribution in [3.63, 3.8) is 0 Å². The van der Waals surface area contributed by atoms with Gasteiger partial charge >= 0.3 is 0 Å². The first kappa shape index (κ1) is 18.8. The molecule has 0 unspecified atom stereocenters. The molecule has 0 saturated carbocycles. The molecule has 0 aliphatic carbocycles. The quantitative estimate of drug-likeness (QED) is 0.797. The molecule has 3 heterocycles. The lowest BCUT2D eigenvalue weighted by Crippen LogP contribution is -2.63. The first-order valence-corrected chi connectivity index (χ1v) is 10.2. The fourth-order valence-corrected chi connectivity index (χ4v) is 4.64. The van der Waals surface area contributed by atoms with Gasteiger partial charge in [-0.25, -0.2) is 0 Å². The number of amides is 1. The Hall–Kier alpha value is -3.19. The lowest BCUT2D eigenvalue weighted by atomic mass is 9.93. The lowest BCUT2D eigenvalue weighted by Gasteiger charge is -2.51. The maximum absolute atomic E-state index is 11.8. The molecule has 3 aliphatic heterocycles. The number of hydrogen-bond donors (Lipinski definition) is 2. The van der Waals surface area contributed by atoms with E-state index in [4.69, 9.17) is 9.47 Å². The van der Waals surface area contributed by atoms with Crippen molar-refractivity contribution in [2.24, 2.45) is 0 Å². The summed E-state index contributed by atoms with van der Waals surface area (Å²) in [5.74, 6) is 1.53. The minimum Gasteiger partial charge on any atom is -0.504 e. The number of benzene rings is 2. The van der Waals surface area contributed by atoms with Crippen molar-refractivity contribution in [2.75, 3.05) is 20.2 Å². The van der Waals surface area contributed by atoms with E-state index in [9.17, 15) is 9.90 Å². The van der Waals surface area contributed by atoms with Crippen LogP contribution < -0.4 is 14.9 Å². The number of piperidine rings is 1. The van der Waals surface area contributed by atoms with E-state index in [-0.39, 0.29) is 17.7 Å². The zero-order valence-corrected chi connectivity index (χ0v) is 17.1. The Morgan fingerprint density at radius 3 is 2.73 bits per heavy atom. The Balaban J connectivity index is 1.52. The molecule has 1 spiro atoms. The van der Waals surface area contributed by atoms with E-state index in [2.05, 4.69) is 22.6 Å². The van der Waals surface area contributed by atoms with Gasteiger partial charge in [0.25, 0.3) is 0 Å². The van der Waals surface area contributed by atoms with Crippen LogP contribution in [0.2, 0.25) is 0 Å². The minimum atomic E-state index is -0.537. The molecule has 2 aromatic rings. The molecule has 1 amide bonds. The second kappa shape index (κ2) is 6.95. The van der Waals surface area contributed by atoms with Crippen LogP contribution in [0.5, 0.6) is 17.2 Å². The molecular formula is C23H25N3O4. The summed E-state index contributed by atoms with van der Waals surface area (Å²) in [5.41, 5.74) is 5.98. The Morgan fingerprint density at radius 2 is 2.00 bits per heavy atom. The Kier molecular flexibility index (Phi) is 4.36. The highest BCUT2D eigenvalue weighted by molar-refractivity contribution is 5.73. The van der Waals surface area contributed by atoms with Crippen LogP contribution in [-0.4, -0.2) is 46.8 Å². The van der Waals surface area contributed by atoms with Crippen molar-refractivity contribution < 1.29 is 19.4 Å². The van der Waals surface area contributed by atoms with E-state index in [1.54, 1.807) is 20.1 Å². The van der Waals surface area contributed by atoms with Crippen LogP contribution in [0.15, 0.2) is 48.5 Å². The summed E-state index contributed by atoms with van der Waals surface area (Å²) < 4.78 is 11.9. The maximum Gasteiger partial charge on any atom is 0.219 e. The van der Waals surface area contributed by atoms with E-state index >= 15 is 0 Å². The summed E-state index contributed by atoms with van der Waals surface area (Å²) in [5, 5.41) is 12.1. The molecule has 1 atom stereocenters. The fraction of sp³-hybridized carbons (Fsp3) is 0.348. The molecule has 7 heteroatoms. The molecule has 0 aromatic heterocycles. The number of hydrazine groups is 1. The minimum absolute atomic E-state index is 0.00799. The van der Waals surface area contributed by atoms with Gasteiger partial charge in [0.1, 0.15) is 5.75 Å². The van der Waals surface area contributed by atoms with Crippen LogP contribution in [0.25, 0.3) is 5.70 Å². The van der Waals surface area contributed by atoms with Gasteiger partial charge in [0.15, 0.2) is 17.2 Å². The summed E-state index contributed by atoms with van der Waals surface area (Å²) >= 11 is 0. The van der Waals surface area contributed by atoms with Gasteiger partial charge in [0, 0.05) is 44.0 Å². The summed E-state index contributed by atoms with van der Waals surface area (Å²) in [6, 6.07) is 13.5. The molecule has 156 valence electrons. The summed E-state index contributed by atoms with van der Waals surface area (Å²) in [4.78, 5) is 13.7. The van der Waals surface area contributed by atoms with Crippen molar-refractivity contribution in [3.8, 4) is 17.2 Å². The van der Waals surface area contributed by atoms with Gasteiger partial charge in [0.05, 0.1) is 18.8 Å². The van der Waals surface area contributed by atoms with Crippen LogP contribution in [0.4, 0.5) is 0 Å².